The van der Waals surface area contributed by atoms with E-state index in [0.717, 1.165) is 5.69 Å². The van der Waals surface area contributed by atoms with Gasteiger partial charge in [0.25, 0.3) is 11.8 Å². The molecule has 1 aromatic carbocycles. The van der Waals surface area contributed by atoms with E-state index in [9.17, 15) is 9.59 Å². The van der Waals surface area contributed by atoms with Crippen LogP contribution < -0.4 is 10.6 Å². The van der Waals surface area contributed by atoms with E-state index in [0.29, 0.717) is 34.9 Å². The number of carbonyl (C=O) groups excluding carboxylic acids is 2. The van der Waals surface area contributed by atoms with Gasteiger partial charge in [-0.05, 0) is 45.0 Å². The number of aryl methyl sites for hydroxylation is 2. The Kier molecular flexibility index (Phi) is 5.89. The molecular weight excluding hydrogens is 408 g/mol. The number of hydrogen-bond donors (Lipinski definition) is 2. The van der Waals surface area contributed by atoms with Crippen molar-refractivity contribution in [2.45, 2.75) is 33.9 Å². The minimum absolute atomic E-state index is 0.137. The molecule has 164 valence electrons. The summed E-state index contributed by atoms with van der Waals surface area (Å²) in [5.41, 5.74) is 3.09. The summed E-state index contributed by atoms with van der Waals surface area (Å²) < 4.78 is 8.58. The molecule has 32 heavy (non-hydrogen) atoms. The number of furan rings is 1. The van der Waals surface area contributed by atoms with E-state index in [2.05, 4.69) is 20.8 Å². The molecule has 4 rings (SSSR count). The van der Waals surface area contributed by atoms with Crippen molar-refractivity contribution in [3.63, 3.8) is 0 Å². The molecule has 9 nitrogen and oxygen atoms in total. The van der Waals surface area contributed by atoms with Crippen LogP contribution in [-0.4, -0.2) is 31.4 Å². The average Bonchev–Trinajstić information content (AvgIpc) is 3.52. The van der Waals surface area contributed by atoms with Gasteiger partial charge in [-0.1, -0.05) is 18.2 Å². The number of hydrogen-bond acceptors (Lipinski definition) is 5. The fourth-order valence-electron chi connectivity index (χ4n) is 3.48. The van der Waals surface area contributed by atoms with Crippen molar-refractivity contribution in [1.82, 2.24) is 24.9 Å². The Labute approximate surface area is 185 Å². The van der Waals surface area contributed by atoms with E-state index in [1.807, 2.05) is 44.2 Å². The molecule has 0 aliphatic carbocycles. The third-order valence-corrected chi connectivity index (χ3v) is 5.07. The van der Waals surface area contributed by atoms with Gasteiger partial charge >= 0.3 is 0 Å². The minimum Gasteiger partial charge on any atom is -0.467 e. The summed E-state index contributed by atoms with van der Waals surface area (Å²) >= 11 is 0. The third-order valence-electron chi connectivity index (χ3n) is 5.07. The van der Waals surface area contributed by atoms with Gasteiger partial charge in [-0.25, -0.2) is 4.68 Å². The van der Waals surface area contributed by atoms with Gasteiger partial charge in [0.15, 0.2) is 5.69 Å². The molecule has 0 spiro atoms. The molecule has 0 saturated carbocycles. The van der Waals surface area contributed by atoms with E-state index in [1.165, 1.54) is 0 Å². The highest BCUT2D eigenvalue weighted by Crippen LogP contribution is 2.21. The fraction of sp³-hybridized carbons (Fsp3) is 0.217. The largest absolute Gasteiger partial charge is 0.467 e. The van der Waals surface area contributed by atoms with Gasteiger partial charge in [0, 0.05) is 12.7 Å². The molecular formula is C23H24N6O3. The van der Waals surface area contributed by atoms with E-state index in [4.69, 9.17) is 4.42 Å². The van der Waals surface area contributed by atoms with Crippen molar-refractivity contribution < 1.29 is 14.0 Å². The molecule has 0 atom stereocenters. The zero-order valence-electron chi connectivity index (χ0n) is 18.1. The molecule has 0 unspecified atom stereocenters. The van der Waals surface area contributed by atoms with Crippen LogP contribution in [0.5, 0.6) is 0 Å². The van der Waals surface area contributed by atoms with Crippen LogP contribution in [0.3, 0.4) is 0 Å². The SMILES string of the molecule is CCn1cc(NC(=O)c2c(C)nn(-c3ccccc3)c2C)c(C(=O)NCc2ccco2)n1. The Morgan fingerprint density at radius 2 is 1.81 bits per heavy atom. The van der Waals surface area contributed by atoms with Crippen LogP contribution in [0.25, 0.3) is 5.69 Å². The Hall–Kier alpha value is -4.14. The first-order valence-electron chi connectivity index (χ1n) is 10.3. The molecule has 4 aromatic rings. The number of nitrogens with one attached hydrogen (secondary N) is 2. The molecule has 0 radical (unpaired) electrons. The first-order valence-corrected chi connectivity index (χ1v) is 10.3. The van der Waals surface area contributed by atoms with Crippen molar-refractivity contribution in [2.75, 3.05) is 5.32 Å². The quantitative estimate of drug-likeness (QED) is 0.465. The second-order valence-electron chi connectivity index (χ2n) is 7.26. The zero-order chi connectivity index (χ0) is 22.7. The second-order valence-corrected chi connectivity index (χ2v) is 7.26. The van der Waals surface area contributed by atoms with Crippen molar-refractivity contribution in [3.05, 3.63) is 83.3 Å². The predicted molar refractivity (Wildman–Crippen MR) is 119 cm³/mol. The van der Waals surface area contributed by atoms with Gasteiger partial charge in [0.1, 0.15) is 5.76 Å². The highest BCUT2D eigenvalue weighted by atomic mass is 16.3. The molecule has 9 heteroatoms. The number of benzene rings is 1. The summed E-state index contributed by atoms with van der Waals surface area (Å²) in [7, 11) is 0. The smallest absolute Gasteiger partial charge is 0.274 e. The lowest BCUT2D eigenvalue weighted by atomic mass is 10.1. The normalized spacial score (nSPS) is 10.8. The maximum atomic E-state index is 13.2. The molecule has 3 heterocycles. The summed E-state index contributed by atoms with van der Waals surface area (Å²) in [6.07, 6.45) is 3.19. The monoisotopic (exact) mass is 432 g/mol. The van der Waals surface area contributed by atoms with E-state index in [1.54, 1.807) is 40.9 Å². The Balaban J connectivity index is 1.58. The molecule has 2 amide bonds. The van der Waals surface area contributed by atoms with Crippen LogP contribution >= 0.6 is 0 Å². The first-order chi connectivity index (χ1) is 15.5. The first kappa shape index (κ1) is 21.1. The highest BCUT2D eigenvalue weighted by Gasteiger charge is 2.23. The summed E-state index contributed by atoms with van der Waals surface area (Å²) in [5, 5.41) is 14.4. The van der Waals surface area contributed by atoms with Crippen LogP contribution in [0, 0.1) is 13.8 Å². The molecule has 0 aliphatic rings. The van der Waals surface area contributed by atoms with Gasteiger partial charge < -0.3 is 15.1 Å². The molecule has 0 bridgehead atoms. The second kappa shape index (κ2) is 8.93. The van der Waals surface area contributed by atoms with E-state index in [-0.39, 0.29) is 18.1 Å². The van der Waals surface area contributed by atoms with E-state index < -0.39 is 5.91 Å². The predicted octanol–water partition coefficient (Wildman–Crippen LogP) is 3.48. The van der Waals surface area contributed by atoms with Crippen LogP contribution in [0.2, 0.25) is 0 Å². The van der Waals surface area contributed by atoms with Crippen LogP contribution in [0.1, 0.15) is 44.9 Å². The summed E-state index contributed by atoms with van der Waals surface area (Å²) in [4.78, 5) is 25.9. The lowest BCUT2D eigenvalue weighted by Crippen LogP contribution is -2.25. The standard InChI is InChI=1S/C23H24N6O3/c1-4-28-14-19(21(27-28)23(31)24-13-18-11-8-12-32-18)25-22(30)20-15(2)26-29(16(20)3)17-9-6-5-7-10-17/h5-12,14H,4,13H2,1-3H3,(H,24,31)(H,25,30). The maximum Gasteiger partial charge on any atom is 0.274 e. The van der Waals surface area contributed by atoms with Gasteiger partial charge in [0.2, 0.25) is 0 Å². The van der Waals surface area contributed by atoms with Crippen LogP contribution in [0.4, 0.5) is 5.69 Å². The van der Waals surface area contributed by atoms with Gasteiger partial charge in [-0.2, -0.15) is 10.2 Å². The Bertz CT molecular complexity index is 1240. The Morgan fingerprint density at radius 3 is 2.50 bits per heavy atom. The lowest BCUT2D eigenvalue weighted by molar-refractivity contribution is 0.0943. The highest BCUT2D eigenvalue weighted by molar-refractivity contribution is 6.09. The number of rotatable bonds is 7. The Morgan fingerprint density at radius 1 is 1.03 bits per heavy atom. The van der Waals surface area contributed by atoms with Crippen molar-refractivity contribution in [2.24, 2.45) is 0 Å². The summed E-state index contributed by atoms with van der Waals surface area (Å²) in [6, 6.07) is 13.1. The number of amides is 2. The number of para-hydroxylation sites is 1. The summed E-state index contributed by atoms with van der Waals surface area (Å²) in [6.45, 7) is 6.31. The minimum atomic E-state index is -0.405. The van der Waals surface area contributed by atoms with Crippen molar-refractivity contribution >= 4 is 17.5 Å². The van der Waals surface area contributed by atoms with Crippen molar-refractivity contribution in [3.8, 4) is 5.69 Å². The maximum absolute atomic E-state index is 13.2. The molecule has 0 fully saturated rings. The average molecular weight is 432 g/mol. The zero-order valence-corrected chi connectivity index (χ0v) is 18.1. The number of carbonyl (C=O) groups is 2. The molecule has 2 N–H and O–H groups in total. The number of nitrogens with zero attached hydrogens (tertiary/aromatic N) is 4. The van der Waals surface area contributed by atoms with Crippen LogP contribution in [0.15, 0.2) is 59.3 Å². The molecule has 3 aromatic heterocycles. The molecule has 0 aliphatic heterocycles. The lowest BCUT2D eigenvalue weighted by Gasteiger charge is -2.07. The van der Waals surface area contributed by atoms with Gasteiger partial charge in [-0.3, -0.25) is 14.3 Å². The number of aromatic nitrogens is 4. The van der Waals surface area contributed by atoms with Crippen LogP contribution in [-0.2, 0) is 13.1 Å². The van der Waals surface area contributed by atoms with Crippen molar-refractivity contribution in [1.29, 1.82) is 0 Å². The summed E-state index contributed by atoms with van der Waals surface area (Å²) in [5.74, 6) is -0.131. The molecule has 0 saturated heterocycles. The topological polar surface area (TPSA) is 107 Å². The number of anilines is 1. The van der Waals surface area contributed by atoms with Gasteiger partial charge in [-0.15, -0.1) is 0 Å². The third kappa shape index (κ3) is 4.18. The van der Waals surface area contributed by atoms with Gasteiger partial charge in [0.05, 0.1) is 41.1 Å². The fourth-order valence-corrected chi connectivity index (χ4v) is 3.48. The van der Waals surface area contributed by atoms with E-state index >= 15 is 0 Å².